The Morgan fingerprint density at radius 1 is 0.857 bits per heavy atom. The monoisotopic (exact) mass is 887 g/mol. The van der Waals surface area contributed by atoms with E-state index in [0.29, 0.717) is 6.17 Å². The van der Waals surface area contributed by atoms with Crippen LogP contribution in [0.15, 0.2) is 102 Å². The molecule has 0 bridgehead atoms. The van der Waals surface area contributed by atoms with Crippen molar-refractivity contribution in [3.63, 3.8) is 0 Å². The molecule has 1 radical (unpaired) electrons. The molecular formula is C44H46GeIrN2O-2. The van der Waals surface area contributed by atoms with Gasteiger partial charge in [-0.2, -0.15) is 0 Å². The first kappa shape index (κ1) is 33.9. The largest absolute Gasteiger partial charge is 0.501 e. The van der Waals surface area contributed by atoms with E-state index in [1.807, 2.05) is 69.4 Å². The first-order valence-corrected chi connectivity index (χ1v) is 24.1. The molecule has 0 amide bonds. The van der Waals surface area contributed by atoms with Gasteiger partial charge in [-0.1, -0.05) is 67.6 Å². The van der Waals surface area contributed by atoms with Crippen LogP contribution in [0.1, 0.15) is 59.9 Å². The second-order valence-electron chi connectivity index (χ2n) is 15.2. The fraction of sp³-hybridized carbons (Fsp3) is 0.273. The van der Waals surface area contributed by atoms with Gasteiger partial charge in [0.2, 0.25) is 0 Å². The minimum atomic E-state index is -2.03. The second-order valence-corrected chi connectivity index (χ2v) is 25.7. The van der Waals surface area contributed by atoms with Crippen LogP contribution in [-0.4, -0.2) is 23.2 Å². The molecule has 0 aliphatic rings. The molecule has 7 aromatic rings. The van der Waals surface area contributed by atoms with Crippen molar-refractivity contribution in [2.75, 3.05) is 0 Å². The van der Waals surface area contributed by atoms with Crippen molar-refractivity contribution in [3.05, 3.63) is 126 Å². The minimum absolute atomic E-state index is 0. The van der Waals surface area contributed by atoms with Gasteiger partial charge in [-0.3, -0.25) is 0 Å². The van der Waals surface area contributed by atoms with E-state index in [4.69, 9.17) is 7.16 Å². The molecule has 0 aliphatic carbocycles. The summed E-state index contributed by atoms with van der Waals surface area (Å²) in [6, 6.07) is 35.2. The van der Waals surface area contributed by atoms with Gasteiger partial charge in [0.25, 0.3) is 0 Å². The molecule has 3 heterocycles. The average molecular weight is 886 g/mol. The zero-order chi connectivity index (χ0) is 36.0. The van der Waals surface area contributed by atoms with E-state index in [1.54, 1.807) is 0 Å². The molecule has 253 valence electrons. The summed E-state index contributed by atoms with van der Waals surface area (Å²) in [5.74, 6) is 6.45. The summed E-state index contributed by atoms with van der Waals surface area (Å²) in [6.45, 7) is 12.5. The predicted molar refractivity (Wildman–Crippen MR) is 207 cm³/mol. The number of benzene rings is 4. The van der Waals surface area contributed by atoms with Crippen molar-refractivity contribution in [2.45, 2.75) is 71.1 Å². The van der Waals surface area contributed by atoms with Crippen LogP contribution in [0.2, 0.25) is 17.3 Å². The summed E-state index contributed by atoms with van der Waals surface area (Å²) in [5.41, 5.74) is 8.45. The summed E-state index contributed by atoms with van der Waals surface area (Å²) in [4.78, 5) is 9.21. The quantitative estimate of drug-likeness (QED) is 0.128. The third-order valence-corrected chi connectivity index (χ3v) is 12.9. The summed E-state index contributed by atoms with van der Waals surface area (Å²) >= 11 is -2.03. The summed E-state index contributed by atoms with van der Waals surface area (Å²) in [5, 5.41) is 4.49. The zero-order valence-electron chi connectivity index (χ0n) is 32.0. The molecule has 0 N–H and O–H groups in total. The molecule has 0 fully saturated rings. The van der Waals surface area contributed by atoms with E-state index in [1.165, 1.54) is 9.78 Å². The van der Waals surface area contributed by atoms with Crippen LogP contribution in [0, 0.1) is 24.5 Å². The SMILES string of the molecule is [2H]C(C)(C)c1cc(-c2[c-]cccc2)nc[c]1[Ge]([CH3])([CH3])[CH3].[2H]c1nc(-c2[c-]ccc3c2oc2cc4ccccc4cc23)cc(CC(C)(C)C)c1C.[Ir]. The number of rotatable bonds is 5. The van der Waals surface area contributed by atoms with E-state index in [-0.39, 0.29) is 25.5 Å². The number of fused-ring (bicyclic) bond motifs is 4. The number of pyridine rings is 2. The molecule has 3 nitrogen and oxygen atoms in total. The van der Waals surface area contributed by atoms with Crippen molar-refractivity contribution in [1.82, 2.24) is 9.97 Å². The third kappa shape index (κ3) is 8.26. The Morgan fingerprint density at radius 2 is 1.57 bits per heavy atom. The number of nitrogens with zero attached hydrogens (tertiary/aromatic N) is 2. The Labute approximate surface area is 311 Å². The van der Waals surface area contributed by atoms with Gasteiger partial charge in [-0.05, 0) is 52.9 Å². The fourth-order valence-corrected chi connectivity index (χ4v) is 9.51. The van der Waals surface area contributed by atoms with Crippen molar-refractivity contribution in [2.24, 2.45) is 5.41 Å². The van der Waals surface area contributed by atoms with Gasteiger partial charge >= 0.3 is 120 Å². The molecule has 0 unspecified atom stereocenters. The van der Waals surface area contributed by atoms with E-state index in [2.05, 4.69) is 103 Å². The van der Waals surface area contributed by atoms with Crippen molar-refractivity contribution in [3.8, 4) is 22.5 Å². The molecule has 4 aromatic carbocycles. The molecule has 0 atom stereocenters. The Hall–Kier alpha value is -3.57. The normalized spacial score (nSPS) is 12.7. The van der Waals surface area contributed by atoms with Crippen LogP contribution in [0.5, 0.6) is 0 Å². The average Bonchev–Trinajstić information content (AvgIpc) is 3.42. The standard InChI is InChI=1S/C27H24NO.C17H22GeN.Ir/c1-17-16-28-24(13-20(17)15-27(2,3)4)22-11-7-10-21-23-12-18-8-5-6-9-19(18)14-25(23)29-26(21)22;1-13(2)15-11-17(14-9-7-6-8-10-14)19-12-16(15)18(3,4)5;/h5-10,12-14,16H,15H2,1-4H3;6-9,11-13H,1-5H3;/q2*-1;/i16D;13D;. The van der Waals surface area contributed by atoms with Gasteiger partial charge in [-0.25, -0.2) is 0 Å². The van der Waals surface area contributed by atoms with Gasteiger partial charge in [0, 0.05) is 31.7 Å². The van der Waals surface area contributed by atoms with Crippen molar-refractivity contribution in [1.29, 1.82) is 0 Å². The Morgan fingerprint density at radius 3 is 2.22 bits per heavy atom. The molecule has 0 saturated heterocycles. The summed E-state index contributed by atoms with van der Waals surface area (Å²) < 4.78 is 24.5. The van der Waals surface area contributed by atoms with E-state index < -0.39 is 19.2 Å². The van der Waals surface area contributed by atoms with Crippen LogP contribution in [0.4, 0.5) is 0 Å². The number of furan rings is 1. The maximum Gasteiger partial charge on any atom is 0.121 e. The van der Waals surface area contributed by atoms with Crippen LogP contribution in [-0.2, 0) is 26.5 Å². The van der Waals surface area contributed by atoms with Crippen LogP contribution >= 0.6 is 0 Å². The van der Waals surface area contributed by atoms with Gasteiger partial charge in [-0.15, -0.1) is 18.2 Å². The van der Waals surface area contributed by atoms with Gasteiger partial charge < -0.3 is 9.40 Å². The molecule has 3 aromatic heterocycles. The van der Waals surface area contributed by atoms with E-state index in [0.717, 1.165) is 73.0 Å². The molecule has 0 saturated carbocycles. The molecular weight excluding hydrogens is 837 g/mol. The number of aromatic nitrogens is 2. The smallest absolute Gasteiger partial charge is 0.121 e. The number of hydrogen-bond donors (Lipinski definition) is 0. The Balaban J connectivity index is 0.000000211. The first-order chi connectivity index (χ1) is 23.5. The van der Waals surface area contributed by atoms with Crippen LogP contribution in [0.25, 0.3) is 55.2 Å². The maximum absolute atomic E-state index is 8.44. The van der Waals surface area contributed by atoms with Crippen molar-refractivity contribution >= 4 is 50.4 Å². The maximum atomic E-state index is 8.44. The first-order valence-electron chi connectivity index (χ1n) is 17.7. The number of hydrogen-bond acceptors (Lipinski definition) is 3. The van der Waals surface area contributed by atoms with Crippen molar-refractivity contribution < 1.29 is 27.3 Å². The Bertz CT molecular complexity index is 2330. The van der Waals surface area contributed by atoms with Gasteiger partial charge in [0.15, 0.2) is 0 Å². The topological polar surface area (TPSA) is 38.9 Å². The molecule has 7 rings (SSSR count). The van der Waals surface area contributed by atoms with Crippen LogP contribution < -0.4 is 4.40 Å². The molecule has 0 spiro atoms. The summed E-state index contributed by atoms with van der Waals surface area (Å²) in [6.07, 6.45) is 3.21. The van der Waals surface area contributed by atoms with Gasteiger partial charge in [0.1, 0.15) is 5.58 Å². The third-order valence-electron chi connectivity index (χ3n) is 8.65. The summed E-state index contributed by atoms with van der Waals surface area (Å²) in [7, 11) is 0. The van der Waals surface area contributed by atoms with E-state index in [9.17, 15) is 0 Å². The fourth-order valence-electron chi connectivity index (χ4n) is 6.19. The second kappa shape index (κ2) is 14.7. The predicted octanol–water partition coefficient (Wildman–Crippen LogP) is 11.7. The minimum Gasteiger partial charge on any atom is -0.501 e. The van der Waals surface area contributed by atoms with E-state index >= 15 is 0 Å². The zero-order valence-corrected chi connectivity index (χ0v) is 34.5. The van der Waals surface area contributed by atoms with Crippen LogP contribution in [0.3, 0.4) is 0 Å². The molecule has 49 heavy (non-hydrogen) atoms. The Kier molecular flexibility index (Phi) is 10.2. The molecule has 5 heteroatoms. The molecule has 0 aliphatic heterocycles. The van der Waals surface area contributed by atoms with Gasteiger partial charge in [0.05, 0.1) is 6.95 Å².